The highest BCUT2D eigenvalue weighted by atomic mass is 32.2. The Kier molecular flexibility index (Phi) is 4.87. The zero-order valence-corrected chi connectivity index (χ0v) is 13.6. The van der Waals surface area contributed by atoms with E-state index in [4.69, 9.17) is 4.74 Å². The van der Waals surface area contributed by atoms with Crippen LogP contribution in [0.5, 0.6) is 0 Å². The third-order valence-corrected chi connectivity index (χ3v) is 5.20. The lowest BCUT2D eigenvalue weighted by molar-refractivity contribution is -0.0514. The normalized spacial score (nSPS) is 27.9. The summed E-state index contributed by atoms with van der Waals surface area (Å²) in [6.07, 6.45) is 0.419. The molecule has 1 fully saturated rings. The van der Waals surface area contributed by atoms with Crippen molar-refractivity contribution in [1.82, 2.24) is 0 Å². The maximum Gasteiger partial charge on any atom is 0.122 e. The van der Waals surface area contributed by atoms with E-state index in [0.717, 1.165) is 22.6 Å². The van der Waals surface area contributed by atoms with Gasteiger partial charge in [0.1, 0.15) is 11.7 Å². The van der Waals surface area contributed by atoms with E-state index < -0.39 is 5.60 Å². The average Bonchev–Trinajstić information content (AvgIpc) is 2.93. The molecule has 2 aromatic rings. The van der Waals surface area contributed by atoms with Gasteiger partial charge < -0.3 is 9.84 Å². The summed E-state index contributed by atoms with van der Waals surface area (Å²) in [5.74, 6) is 1.99. The average molecular weight is 314 g/mol. The van der Waals surface area contributed by atoms with E-state index in [1.165, 1.54) is 0 Å². The lowest BCUT2D eigenvalue weighted by Gasteiger charge is -2.29. The highest BCUT2D eigenvalue weighted by Gasteiger charge is 2.48. The topological polar surface area (TPSA) is 29.5 Å². The third kappa shape index (κ3) is 3.07. The largest absolute Gasteiger partial charge is 0.382 e. The number of ether oxygens (including phenoxy) is 1. The third-order valence-electron chi connectivity index (χ3n) is 4.19. The molecule has 1 heterocycles. The second-order valence-electron chi connectivity index (χ2n) is 5.70. The van der Waals surface area contributed by atoms with Gasteiger partial charge in [-0.15, -0.1) is 0 Å². The number of aliphatic hydroxyl groups is 1. The Balaban J connectivity index is 1.93. The van der Waals surface area contributed by atoms with Gasteiger partial charge in [0.05, 0.1) is 6.10 Å². The minimum Gasteiger partial charge on any atom is -0.382 e. The monoisotopic (exact) mass is 314 g/mol. The van der Waals surface area contributed by atoms with Gasteiger partial charge >= 0.3 is 0 Å². The second-order valence-corrected chi connectivity index (χ2v) is 7.02. The molecule has 1 aliphatic rings. The Bertz CT molecular complexity index is 587. The molecular weight excluding hydrogens is 292 g/mol. The number of benzene rings is 2. The fourth-order valence-corrected chi connectivity index (χ4v) is 3.83. The molecule has 0 unspecified atom stereocenters. The summed E-state index contributed by atoms with van der Waals surface area (Å²) in [5.41, 5.74) is 1.02. The lowest BCUT2D eigenvalue weighted by atomic mass is 9.83. The van der Waals surface area contributed by atoms with Crippen LogP contribution < -0.4 is 0 Å². The van der Waals surface area contributed by atoms with E-state index in [0.29, 0.717) is 6.42 Å². The van der Waals surface area contributed by atoms with Crippen molar-refractivity contribution < 1.29 is 9.84 Å². The van der Waals surface area contributed by atoms with Crippen molar-refractivity contribution in [1.29, 1.82) is 0 Å². The van der Waals surface area contributed by atoms with Crippen LogP contribution >= 0.6 is 11.8 Å². The zero-order valence-electron chi connectivity index (χ0n) is 12.8. The second kappa shape index (κ2) is 6.86. The van der Waals surface area contributed by atoms with Crippen LogP contribution in [0.3, 0.4) is 0 Å². The highest BCUT2D eigenvalue weighted by Crippen LogP contribution is 2.48. The summed E-state index contributed by atoms with van der Waals surface area (Å²) < 4.78 is 6.25. The predicted octanol–water partition coefficient (Wildman–Crippen LogP) is 4.16. The maximum atomic E-state index is 11.4. The van der Waals surface area contributed by atoms with E-state index in [-0.39, 0.29) is 12.2 Å². The van der Waals surface area contributed by atoms with Crippen LogP contribution in [-0.2, 0) is 10.3 Å². The molecule has 0 bridgehead atoms. The Morgan fingerprint density at radius 3 is 2.36 bits per heavy atom. The van der Waals surface area contributed by atoms with Gasteiger partial charge in [-0.25, -0.2) is 0 Å². The molecule has 1 saturated heterocycles. The van der Waals surface area contributed by atoms with Crippen molar-refractivity contribution in [3.8, 4) is 0 Å². The number of hydrogen-bond donors (Lipinski definition) is 1. The Labute approximate surface area is 136 Å². The molecule has 0 radical (unpaired) electrons. The molecule has 1 aliphatic heterocycles. The van der Waals surface area contributed by atoms with Crippen LogP contribution in [0, 0.1) is 0 Å². The molecular formula is C19H22O2S. The first-order valence-electron chi connectivity index (χ1n) is 7.80. The van der Waals surface area contributed by atoms with E-state index in [1.54, 1.807) is 0 Å². The fourth-order valence-electron chi connectivity index (χ4n) is 3.13. The van der Waals surface area contributed by atoms with Gasteiger partial charge in [-0.2, -0.15) is 11.8 Å². The smallest absolute Gasteiger partial charge is 0.122 e. The van der Waals surface area contributed by atoms with Crippen LogP contribution in [0.15, 0.2) is 60.7 Å². The van der Waals surface area contributed by atoms with Crippen LogP contribution in [-0.4, -0.2) is 22.7 Å². The first kappa shape index (κ1) is 15.6. The van der Waals surface area contributed by atoms with Crippen molar-refractivity contribution in [3.63, 3.8) is 0 Å². The Morgan fingerprint density at radius 2 is 1.73 bits per heavy atom. The molecule has 0 aliphatic carbocycles. The summed E-state index contributed by atoms with van der Waals surface area (Å²) in [6, 6.07) is 20.0. The zero-order chi connectivity index (χ0) is 15.4. The van der Waals surface area contributed by atoms with E-state index in [2.05, 4.69) is 6.92 Å². The Hall–Kier alpha value is -1.29. The molecule has 3 atom stereocenters. The number of rotatable bonds is 5. The molecule has 2 aromatic carbocycles. The standard InChI is InChI=1S/C19H22O2S/c1-2-22-14-17-13-19(20,16-11-7-4-8-12-16)18(21-17)15-9-5-3-6-10-15/h3-12,17-18,20H,2,13-14H2,1H3/t17-,18+,19-/m1/s1. The molecule has 3 rings (SSSR count). The molecule has 0 saturated carbocycles. The SMILES string of the molecule is CCSC[C@H]1C[C@@](O)(c2ccccc2)[C@H](c2ccccc2)O1. The van der Waals surface area contributed by atoms with Crippen LogP contribution in [0.25, 0.3) is 0 Å². The lowest BCUT2D eigenvalue weighted by Crippen LogP contribution is -2.29. The fraction of sp³-hybridized carbons (Fsp3) is 0.368. The molecule has 0 amide bonds. The van der Waals surface area contributed by atoms with Crippen molar-refractivity contribution in [3.05, 3.63) is 71.8 Å². The van der Waals surface area contributed by atoms with Crippen molar-refractivity contribution in [2.45, 2.75) is 31.2 Å². The summed E-state index contributed by atoms with van der Waals surface area (Å²) in [5, 5.41) is 11.4. The van der Waals surface area contributed by atoms with Crippen LogP contribution in [0.1, 0.15) is 30.6 Å². The number of thioether (sulfide) groups is 1. The van der Waals surface area contributed by atoms with Gasteiger partial charge in [0.2, 0.25) is 0 Å². The maximum absolute atomic E-state index is 11.4. The molecule has 1 N–H and O–H groups in total. The first-order chi connectivity index (χ1) is 10.7. The molecule has 3 heteroatoms. The van der Waals surface area contributed by atoms with E-state index in [1.807, 2.05) is 72.4 Å². The quantitative estimate of drug-likeness (QED) is 0.898. The molecule has 22 heavy (non-hydrogen) atoms. The van der Waals surface area contributed by atoms with Gasteiger partial charge in [-0.1, -0.05) is 67.6 Å². The van der Waals surface area contributed by atoms with E-state index in [9.17, 15) is 5.11 Å². The summed E-state index contributed by atoms with van der Waals surface area (Å²) in [4.78, 5) is 0. The predicted molar refractivity (Wildman–Crippen MR) is 92.0 cm³/mol. The van der Waals surface area contributed by atoms with Crippen molar-refractivity contribution in [2.24, 2.45) is 0 Å². The minimum absolute atomic E-state index is 0.0837. The minimum atomic E-state index is -0.957. The van der Waals surface area contributed by atoms with E-state index >= 15 is 0 Å². The Morgan fingerprint density at radius 1 is 1.09 bits per heavy atom. The van der Waals surface area contributed by atoms with Gasteiger partial charge in [-0.3, -0.25) is 0 Å². The van der Waals surface area contributed by atoms with Crippen LogP contribution in [0.4, 0.5) is 0 Å². The van der Waals surface area contributed by atoms with Gasteiger partial charge in [0.15, 0.2) is 0 Å². The number of hydrogen-bond acceptors (Lipinski definition) is 3. The van der Waals surface area contributed by atoms with Gasteiger partial charge in [0, 0.05) is 12.2 Å². The summed E-state index contributed by atoms with van der Waals surface area (Å²) >= 11 is 1.86. The molecule has 116 valence electrons. The molecule has 2 nitrogen and oxygen atoms in total. The molecule has 0 spiro atoms. The van der Waals surface area contributed by atoms with Gasteiger partial charge in [0.25, 0.3) is 0 Å². The highest BCUT2D eigenvalue weighted by molar-refractivity contribution is 7.99. The van der Waals surface area contributed by atoms with Gasteiger partial charge in [-0.05, 0) is 16.9 Å². The molecule has 0 aromatic heterocycles. The first-order valence-corrected chi connectivity index (χ1v) is 8.95. The summed E-state index contributed by atoms with van der Waals surface area (Å²) in [7, 11) is 0. The van der Waals surface area contributed by atoms with Crippen LogP contribution in [0.2, 0.25) is 0 Å². The summed E-state index contributed by atoms with van der Waals surface area (Å²) in [6.45, 7) is 2.15. The van der Waals surface area contributed by atoms with Crippen molar-refractivity contribution >= 4 is 11.8 Å². The van der Waals surface area contributed by atoms with Crippen molar-refractivity contribution in [2.75, 3.05) is 11.5 Å².